The van der Waals surface area contributed by atoms with Gasteiger partial charge in [0.15, 0.2) is 0 Å². The molecule has 0 spiro atoms. The lowest BCUT2D eigenvalue weighted by Crippen LogP contribution is -1.98. The van der Waals surface area contributed by atoms with Gasteiger partial charge in [-0.2, -0.15) is 0 Å². The molecular formula is C22H40O2. The summed E-state index contributed by atoms with van der Waals surface area (Å²) in [5, 5.41) is 0. The first kappa shape index (κ1) is 24.9. The van der Waals surface area contributed by atoms with E-state index in [1.807, 2.05) is 6.08 Å². The molecule has 0 heterocycles. The first-order chi connectivity index (χ1) is 11.2. The molecule has 0 aromatic rings. The predicted molar refractivity (Wildman–Crippen MR) is 107 cm³/mol. The molecule has 0 amide bonds. The molecule has 24 heavy (non-hydrogen) atoms. The molecule has 0 aromatic heterocycles. The van der Waals surface area contributed by atoms with Crippen LogP contribution in [-0.2, 0) is 9.53 Å². The van der Waals surface area contributed by atoms with Crippen molar-refractivity contribution in [1.82, 2.24) is 0 Å². The molecular weight excluding hydrogens is 296 g/mol. The van der Waals surface area contributed by atoms with Gasteiger partial charge in [0.2, 0.25) is 0 Å². The van der Waals surface area contributed by atoms with Crippen LogP contribution in [-0.4, -0.2) is 12.6 Å². The number of carbonyl (C=O) groups is 1. The second-order valence-electron chi connectivity index (χ2n) is 7.05. The minimum absolute atomic E-state index is 0.224. The minimum atomic E-state index is -0.224. The van der Waals surface area contributed by atoms with Crippen LogP contribution in [0.25, 0.3) is 0 Å². The van der Waals surface area contributed by atoms with Gasteiger partial charge in [-0.05, 0) is 72.3 Å². The summed E-state index contributed by atoms with van der Waals surface area (Å²) in [5.74, 6) is 0.675. The summed E-state index contributed by atoms with van der Waals surface area (Å²) in [6.45, 7) is 17.0. The van der Waals surface area contributed by atoms with E-state index in [2.05, 4.69) is 60.6 Å². The Labute approximate surface area is 151 Å². The third-order valence-corrected chi connectivity index (χ3v) is 3.72. The Balaban J connectivity index is 0. The van der Waals surface area contributed by atoms with Crippen molar-refractivity contribution in [2.75, 3.05) is 6.61 Å². The van der Waals surface area contributed by atoms with Crippen molar-refractivity contribution in [2.45, 2.75) is 87.5 Å². The summed E-state index contributed by atoms with van der Waals surface area (Å²) in [7, 11) is 0. The summed E-state index contributed by atoms with van der Waals surface area (Å²) >= 11 is 0. The molecule has 0 aliphatic carbocycles. The van der Waals surface area contributed by atoms with Gasteiger partial charge in [-0.15, -0.1) is 0 Å². The molecule has 0 bridgehead atoms. The molecule has 0 saturated carbocycles. The maximum atomic E-state index is 10.5. The van der Waals surface area contributed by atoms with Crippen molar-refractivity contribution in [1.29, 1.82) is 0 Å². The summed E-state index contributed by atoms with van der Waals surface area (Å²) in [5.41, 5.74) is 4.06. The number of carbonyl (C=O) groups excluding carboxylic acids is 1. The normalized spacial score (nSPS) is 11.8. The van der Waals surface area contributed by atoms with Crippen LogP contribution in [0.2, 0.25) is 0 Å². The highest BCUT2D eigenvalue weighted by Crippen LogP contribution is 2.10. The van der Waals surface area contributed by atoms with E-state index in [-0.39, 0.29) is 5.97 Å². The topological polar surface area (TPSA) is 26.3 Å². The first-order valence-corrected chi connectivity index (χ1v) is 9.24. The molecule has 0 N–H and O–H groups in total. The van der Waals surface area contributed by atoms with Crippen LogP contribution in [0.5, 0.6) is 0 Å². The molecule has 1 atom stereocenters. The maximum Gasteiger partial charge on any atom is 0.302 e. The highest BCUT2D eigenvalue weighted by molar-refractivity contribution is 5.66. The lowest BCUT2D eigenvalue weighted by molar-refractivity contribution is -0.139. The highest BCUT2D eigenvalue weighted by Gasteiger charge is 1.95. The molecule has 1 unspecified atom stereocenters. The number of rotatable bonds is 9. The minimum Gasteiger partial charge on any atom is -0.462 e. The molecule has 0 fully saturated rings. The molecule has 2 nitrogen and oxygen atoms in total. The van der Waals surface area contributed by atoms with E-state index >= 15 is 0 Å². The van der Waals surface area contributed by atoms with E-state index in [0.29, 0.717) is 6.61 Å². The Morgan fingerprint density at radius 1 is 0.917 bits per heavy atom. The van der Waals surface area contributed by atoms with Crippen LogP contribution in [0.4, 0.5) is 0 Å². The van der Waals surface area contributed by atoms with Gasteiger partial charge >= 0.3 is 5.97 Å². The zero-order chi connectivity index (χ0) is 19.0. The van der Waals surface area contributed by atoms with Crippen molar-refractivity contribution in [3.05, 3.63) is 34.9 Å². The smallest absolute Gasteiger partial charge is 0.302 e. The number of ether oxygens (including phenoxy) is 1. The van der Waals surface area contributed by atoms with Crippen molar-refractivity contribution in [3.63, 3.8) is 0 Å². The number of esters is 1. The largest absolute Gasteiger partial charge is 0.462 e. The summed E-state index contributed by atoms with van der Waals surface area (Å²) in [4.78, 5) is 10.5. The van der Waals surface area contributed by atoms with E-state index in [1.54, 1.807) is 0 Å². The van der Waals surface area contributed by atoms with Gasteiger partial charge in [-0.25, -0.2) is 0 Å². The Morgan fingerprint density at radius 2 is 1.46 bits per heavy atom. The molecule has 0 radical (unpaired) electrons. The summed E-state index contributed by atoms with van der Waals surface area (Å²) in [6, 6.07) is 0. The highest BCUT2D eigenvalue weighted by atomic mass is 16.5. The standard InChI is InChI=1S/C12H20O2.C10H20/c1-10(2)6-5-7-11(3)8-9-14-12(4)13;1-5-10(4)8-6-7-9(2)3/h6,8H,5,7,9H2,1-4H3;7,10H,5-6,8H2,1-4H3/b11-8+;. The number of hydrogen-bond donors (Lipinski definition) is 0. The lowest BCUT2D eigenvalue weighted by atomic mass is 10.0. The van der Waals surface area contributed by atoms with E-state index in [4.69, 9.17) is 4.74 Å². The van der Waals surface area contributed by atoms with Gasteiger partial charge in [0.1, 0.15) is 6.61 Å². The molecule has 0 aliphatic heterocycles. The van der Waals surface area contributed by atoms with Gasteiger partial charge < -0.3 is 4.74 Å². The van der Waals surface area contributed by atoms with Gasteiger partial charge in [-0.1, -0.05) is 49.1 Å². The first-order valence-electron chi connectivity index (χ1n) is 9.24. The average Bonchev–Trinajstić information content (AvgIpc) is 2.46. The van der Waals surface area contributed by atoms with Crippen LogP contribution in [0.1, 0.15) is 87.5 Å². The van der Waals surface area contributed by atoms with E-state index < -0.39 is 0 Å². The maximum absolute atomic E-state index is 10.5. The lowest BCUT2D eigenvalue weighted by Gasteiger charge is -2.04. The van der Waals surface area contributed by atoms with Crippen LogP contribution in [0.15, 0.2) is 34.9 Å². The van der Waals surface area contributed by atoms with Crippen LogP contribution in [0.3, 0.4) is 0 Å². The van der Waals surface area contributed by atoms with Crippen molar-refractivity contribution in [2.24, 2.45) is 5.92 Å². The van der Waals surface area contributed by atoms with Crippen molar-refractivity contribution < 1.29 is 9.53 Å². The van der Waals surface area contributed by atoms with E-state index in [0.717, 1.165) is 18.8 Å². The number of allylic oxidation sites excluding steroid dienone is 5. The molecule has 2 heteroatoms. The monoisotopic (exact) mass is 336 g/mol. The molecule has 0 saturated heterocycles. The Kier molecular flexibility index (Phi) is 17.2. The SMILES string of the molecule is CC(=O)OC/C=C(\C)CCC=C(C)C.CCC(C)CCC=C(C)C. The quantitative estimate of drug-likeness (QED) is 0.334. The third-order valence-electron chi connectivity index (χ3n) is 3.72. The van der Waals surface area contributed by atoms with Crippen molar-refractivity contribution in [3.8, 4) is 0 Å². The van der Waals surface area contributed by atoms with Gasteiger partial charge in [0.05, 0.1) is 0 Å². The van der Waals surface area contributed by atoms with E-state index in [9.17, 15) is 4.79 Å². The predicted octanol–water partition coefficient (Wildman–Crippen LogP) is 7.02. The summed E-state index contributed by atoms with van der Waals surface area (Å²) < 4.78 is 4.81. The Bertz CT molecular complexity index is 406. The number of hydrogen-bond acceptors (Lipinski definition) is 2. The van der Waals surface area contributed by atoms with Gasteiger partial charge in [0, 0.05) is 6.92 Å². The second kappa shape index (κ2) is 16.5. The zero-order valence-corrected chi connectivity index (χ0v) is 17.4. The van der Waals surface area contributed by atoms with Crippen molar-refractivity contribution >= 4 is 5.97 Å². The Morgan fingerprint density at radius 3 is 1.92 bits per heavy atom. The Hall–Kier alpha value is -1.31. The zero-order valence-electron chi connectivity index (χ0n) is 17.4. The molecule has 140 valence electrons. The third kappa shape index (κ3) is 23.0. The molecule has 0 aromatic carbocycles. The average molecular weight is 337 g/mol. The second-order valence-corrected chi connectivity index (χ2v) is 7.05. The van der Waals surface area contributed by atoms with E-state index in [1.165, 1.54) is 42.9 Å². The molecule has 0 aliphatic rings. The van der Waals surface area contributed by atoms with Crippen LogP contribution < -0.4 is 0 Å². The van der Waals surface area contributed by atoms with Gasteiger partial charge in [-0.3, -0.25) is 4.79 Å². The summed E-state index contributed by atoms with van der Waals surface area (Å²) in [6.07, 6.45) is 12.5. The fraction of sp³-hybridized carbons (Fsp3) is 0.682. The van der Waals surface area contributed by atoms with Gasteiger partial charge in [0.25, 0.3) is 0 Å². The van der Waals surface area contributed by atoms with Crippen LogP contribution >= 0.6 is 0 Å². The fourth-order valence-corrected chi connectivity index (χ4v) is 1.85. The molecule has 0 rings (SSSR count). The fourth-order valence-electron chi connectivity index (χ4n) is 1.85. The van der Waals surface area contributed by atoms with Crippen LogP contribution in [0, 0.1) is 5.92 Å².